The van der Waals surface area contributed by atoms with Crippen LogP contribution in [-0.2, 0) is 0 Å². The van der Waals surface area contributed by atoms with Gasteiger partial charge in [-0.25, -0.2) is 9.97 Å². The van der Waals surface area contributed by atoms with Gasteiger partial charge in [0.05, 0.1) is 10.3 Å². The maximum absolute atomic E-state index is 12.9. The number of thiophene rings is 1. The number of fused-ring (bicyclic) bond motifs is 3. The van der Waals surface area contributed by atoms with Crippen molar-refractivity contribution in [3.8, 4) is 0 Å². The Labute approximate surface area is 164 Å². The summed E-state index contributed by atoms with van der Waals surface area (Å²) in [5.41, 5.74) is 0.992. The summed E-state index contributed by atoms with van der Waals surface area (Å²) < 4.78 is 0. The van der Waals surface area contributed by atoms with Crippen LogP contribution in [0.15, 0.2) is 18.5 Å². The number of hydrogen-bond donors (Lipinski definition) is 1. The Morgan fingerprint density at radius 2 is 2.15 bits per heavy atom. The van der Waals surface area contributed by atoms with Gasteiger partial charge < -0.3 is 10.2 Å². The highest BCUT2D eigenvalue weighted by atomic mass is 32.1. The first-order valence-corrected chi connectivity index (χ1v) is 10.7. The van der Waals surface area contributed by atoms with E-state index in [1.807, 2.05) is 18.9 Å². The fraction of sp³-hybridized carbons (Fsp3) is 0.571. The summed E-state index contributed by atoms with van der Waals surface area (Å²) in [6, 6.07) is 0. The third kappa shape index (κ3) is 3.47. The standard InChI is InChI=1S/C21H28N4OS/c1-12(2)10-25(4)21(26)18-13(3)17-19(23-11-24-20(17)27-18)22-9-16-8-14-5-6-15(16)7-14/h5-6,11-12,14-16H,7-10H2,1-4H3,(H,22,23,24)/t14-,15+,16-/m1/s1. The minimum Gasteiger partial charge on any atom is -0.369 e. The van der Waals surface area contributed by atoms with E-state index in [-0.39, 0.29) is 5.91 Å². The monoisotopic (exact) mass is 384 g/mol. The van der Waals surface area contributed by atoms with Crippen molar-refractivity contribution in [3.63, 3.8) is 0 Å². The number of anilines is 1. The number of aryl methyl sites for hydroxylation is 1. The van der Waals surface area contributed by atoms with Crippen molar-refractivity contribution in [1.82, 2.24) is 14.9 Å². The van der Waals surface area contributed by atoms with Crippen molar-refractivity contribution in [1.29, 1.82) is 0 Å². The van der Waals surface area contributed by atoms with Crippen LogP contribution in [0.25, 0.3) is 10.2 Å². The van der Waals surface area contributed by atoms with E-state index in [0.29, 0.717) is 17.8 Å². The molecule has 2 bridgehead atoms. The van der Waals surface area contributed by atoms with E-state index in [2.05, 4.69) is 41.3 Å². The maximum atomic E-state index is 12.9. The Balaban J connectivity index is 1.56. The average molecular weight is 385 g/mol. The lowest BCUT2D eigenvalue weighted by molar-refractivity contribution is 0.0783. The quantitative estimate of drug-likeness (QED) is 0.752. The summed E-state index contributed by atoms with van der Waals surface area (Å²) in [5.74, 6) is 3.56. The van der Waals surface area contributed by atoms with Gasteiger partial charge in [-0.05, 0) is 49.0 Å². The molecule has 1 amide bonds. The number of aromatic nitrogens is 2. The van der Waals surface area contributed by atoms with E-state index in [4.69, 9.17) is 0 Å². The van der Waals surface area contributed by atoms with Crippen LogP contribution in [0.1, 0.15) is 41.9 Å². The summed E-state index contributed by atoms with van der Waals surface area (Å²) in [4.78, 5) is 25.3. The highest BCUT2D eigenvalue weighted by Crippen LogP contribution is 2.43. The number of nitrogens with zero attached hydrogens (tertiary/aromatic N) is 3. The average Bonchev–Trinajstić information content (AvgIpc) is 3.33. The van der Waals surface area contributed by atoms with Gasteiger partial charge in [0.25, 0.3) is 5.91 Å². The predicted molar refractivity (Wildman–Crippen MR) is 111 cm³/mol. The van der Waals surface area contributed by atoms with Crippen LogP contribution in [0.5, 0.6) is 0 Å². The molecule has 1 N–H and O–H groups in total. The van der Waals surface area contributed by atoms with Crippen molar-refractivity contribution in [2.45, 2.75) is 33.6 Å². The summed E-state index contributed by atoms with van der Waals surface area (Å²) in [6.07, 6.45) is 8.94. The third-order valence-electron chi connectivity index (χ3n) is 5.85. The lowest BCUT2D eigenvalue weighted by Crippen LogP contribution is -2.30. The van der Waals surface area contributed by atoms with Crippen LogP contribution in [0.4, 0.5) is 5.82 Å². The molecule has 2 aromatic heterocycles. The Morgan fingerprint density at radius 1 is 1.33 bits per heavy atom. The fourth-order valence-electron chi connectivity index (χ4n) is 4.57. The van der Waals surface area contributed by atoms with Crippen LogP contribution in [0, 0.1) is 30.6 Å². The Morgan fingerprint density at radius 3 is 2.81 bits per heavy atom. The van der Waals surface area contributed by atoms with Crippen molar-refractivity contribution in [3.05, 3.63) is 28.9 Å². The van der Waals surface area contributed by atoms with Gasteiger partial charge >= 0.3 is 0 Å². The molecule has 2 heterocycles. The van der Waals surface area contributed by atoms with E-state index in [1.54, 1.807) is 6.33 Å². The SMILES string of the molecule is Cc1c(C(=O)N(C)CC(C)C)sc2ncnc(NC[C@H]3C[C@@H]4C=C[C@H]3C4)c12. The van der Waals surface area contributed by atoms with Crippen molar-refractivity contribution >= 4 is 33.3 Å². The van der Waals surface area contributed by atoms with Gasteiger partial charge in [0.15, 0.2) is 0 Å². The molecule has 2 aromatic rings. The number of nitrogens with one attached hydrogen (secondary N) is 1. The van der Waals surface area contributed by atoms with Gasteiger partial charge in [-0.2, -0.15) is 0 Å². The lowest BCUT2D eigenvalue weighted by Gasteiger charge is -2.19. The lowest BCUT2D eigenvalue weighted by atomic mass is 9.93. The molecule has 144 valence electrons. The molecular formula is C21H28N4OS. The van der Waals surface area contributed by atoms with Gasteiger partial charge in [-0.15, -0.1) is 11.3 Å². The number of carbonyl (C=O) groups is 1. The maximum Gasteiger partial charge on any atom is 0.264 e. The molecule has 5 nitrogen and oxygen atoms in total. The molecular weight excluding hydrogens is 356 g/mol. The van der Waals surface area contributed by atoms with Crippen LogP contribution in [-0.4, -0.2) is 40.9 Å². The molecule has 1 fully saturated rings. The second-order valence-electron chi connectivity index (χ2n) is 8.46. The molecule has 0 aromatic carbocycles. The third-order valence-corrected chi connectivity index (χ3v) is 7.04. The van der Waals surface area contributed by atoms with Gasteiger partial charge in [0.2, 0.25) is 0 Å². The minimum absolute atomic E-state index is 0.0772. The van der Waals surface area contributed by atoms with E-state index in [9.17, 15) is 4.79 Å². The van der Waals surface area contributed by atoms with E-state index in [1.165, 1.54) is 24.2 Å². The zero-order valence-electron chi connectivity index (χ0n) is 16.5. The van der Waals surface area contributed by atoms with Gasteiger partial charge in [0.1, 0.15) is 17.0 Å². The summed E-state index contributed by atoms with van der Waals surface area (Å²) in [6.45, 7) is 7.95. The molecule has 0 saturated heterocycles. The largest absolute Gasteiger partial charge is 0.369 e. The minimum atomic E-state index is 0.0772. The zero-order chi connectivity index (χ0) is 19.1. The first kappa shape index (κ1) is 18.4. The number of allylic oxidation sites excluding steroid dienone is 2. The van der Waals surface area contributed by atoms with E-state index >= 15 is 0 Å². The number of rotatable bonds is 6. The van der Waals surface area contributed by atoms with Crippen LogP contribution in [0.3, 0.4) is 0 Å². The molecule has 3 atom stereocenters. The Bertz CT molecular complexity index is 888. The van der Waals surface area contributed by atoms with Crippen LogP contribution in [0.2, 0.25) is 0 Å². The normalized spacial score (nSPS) is 23.5. The van der Waals surface area contributed by atoms with E-state index < -0.39 is 0 Å². The molecule has 0 unspecified atom stereocenters. The summed E-state index contributed by atoms with van der Waals surface area (Å²) >= 11 is 1.48. The molecule has 0 spiro atoms. The number of hydrogen-bond acceptors (Lipinski definition) is 5. The smallest absolute Gasteiger partial charge is 0.264 e. The zero-order valence-corrected chi connectivity index (χ0v) is 17.3. The molecule has 1 saturated carbocycles. The van der Waals surface area contributed by atoms with Gasteiger partial charge in [-0.3, -0.25) is 4.79 Å². The molecule has 6 heteroatoms. The number of carbonyl (C=O) groups excluding carboxylic acids is 1. The summed E-state index contributed by atoms with van der Waals surface area (Å²) in [7, 11) is 1.87. The molecule has 27 heavy (non-hydrogen) atoms. The molecule has 4 rings (SSSR count). The van der Waals surface area contributed by atoms with E-state index in [0.717, 1.165) is 45.5 Å². The van der Waals surface area contributed by atoms with Gasteiger partial charge in [-0.1, -0.05) is 26.0 Å². The second-order valence-corrected chi connectivity index (χ2v) is 9.46. The van der Waals surface area contributed by atoms with Gasteiger partial charge in [0, 0.05) is 20.1 Å². The second kappa shape index (κ2) is 7.23. The highest BCUT2D eigenvalue weighted by Gasteiger charge is 2.35. The van der Waals surface area contributed by atoms with Crippen molar-refractivity contribution in [2.75, 3.05) is 25.5 Å². The Hall–Kier alpha value is -1.95. The molecule has 2 aliphatic rings. The topological polar surface area (TPSA) is 58.1 Å². The van der Waals surface area contributed by atoms with Crippen LogP contribution >= 0.6 is 11.3 Å². The molecule has 2 aliphatic carbocycles. The van der Waals surface area contributed by atoms with Crippen molar-refractivity contribution in [2.24, 2.45) is 23.7 Å². The first-order valence-electron chi connectivity index (χ1n) is 9.85. The predicted octanol–water partition coefficient (Wildman–Crippen LogP) is 4.35. The first-order chi connectivity index (χ1) is 12.9. The fourth-order valence-corrected chi connectivity index (χ4v) is 5.71. The van der Waals surface area contributed by atoms with Crippen LogP contribution < -0.4 is 5.32 Å². The summed E-state index contributed by atoms with van der Waals surface area (Å²) in [5, 5.41) is 4.57. The van der Waals surface area contributed by atoms with Crippen molar-refractivity contribution < 1.29 is 4.79 Å². The number of amides is 1. The molecule has 0 radical (unpaired) electrons. The Kier molecular flexibility index (Phi) is 4.93. The highest BCUT2D eigenvalue weighted by molar-refractivity contribution is 7.20. The molecule has 0 aliphatic heterocycles.